The van der Waals surface area contributed by atoms with Crippen LogP contribution in [0.4, 0.5) is 0 Å². The molecule has 5 heteroatoms. The Kier molecular flexibility index (Phi) is 6.51. The molecule has 0 bridgehead atoms. The zero-order valence-corrected chi connectivity index (χ0v) is 28.4. The third-order valence-electron chi connectivity index (χ3n) is 10.1. The Hall–Kier alpha value is -6.04. The lowest BCUT2D eigenvalue weighted by molar-refractivity contribution is 0.768. The van der Waals surface area contributed by atoms with Crippen LogP contribution in [0.3, 0.4) is 0 Å². The number of nitrogens with zero attached hydrogens (tertiary/aromatic N) is 4. The van der Waals surface area contributed by atoms with Crippen molar-refractivity contribution in [3.63, 3.8) is 0 Å². The van der Waals surface area contributed by atoms with Crippen molar-refractivity contribution < 1.29 is 0 Å². The quantitative estimate of drug-likeness (QED) is 0.184. The van der Waals surface area contributed by atoms with Crippen LogP contribution in [-0.2, 0) is 0 Å². The third-order valence-corrected chi connectivity index (χ3v) is 11.3. The lowest BCUT2D eigenvalue weighted by Crippen LogP contribution is -2.04. The summed E-state index contributed by atoms with van der Waals surface area (Å²) in [5.74, 6) is 1.18. The van der Waals surface area contributed by atoms with Gasteiger partial charge in [-0.05, 0) is 78.6 Å². The fourth-order valence-electron chi connectivity index (χ4n) is 7.77. The van der Waals surface area contributed by atoms with Crippen LogP contribution in [0.1, 0.15) is 36.2 Å². The number of thiophene rings is 1. The normalized spacial score (nSPS) is 14.2. The summed E-state index contributed by atoms with van der Waals surface area (Å²) in [5, 5.41) is 3.65. The molecular formula is C45H32N4S. The summed E-state index contributed by atoms with van der Waals surface area (Å²) in [5.41, 5.74) is 12.2. The molecule has 4 heterocycles. The highest BCUT2D eigenvalue weighted by molar-refractivity contribution is 7.26. The fourth-order valence-corrected chi connectivity index (χ4v) is 8.93. The largest absolute Gasteiger partial charge is 0.310 e. The molecule has 50 heavy (non-hydrogen) atoms. The van der Waals surface area contributed by atoms with Crippen LogP contribution in [0, 0.1) is 0 Å². The van der Waals surface area contributed by atoms with Gasteiger partial charge in [-0.1, -0.05) is 98.4 Å². The number of fused-ring (bicyclic) bond motifs is 7. The highest BCUT2D eigenvalue weighted by atomic mass is 32.1. The predicted octanol–water partition coefficient (Wildman–Crippen LogP) is 12.2. The van der Waals surface area contributed by atoms with Crippen molar-refractivity contribution in [1.29, 1.82) is 0 Å². The zero-order chi connectivity index (χ0) is 33.3. The number of para-hydroxylation sites is 2. The average Bonchev–Trinajstić information content (AvgIpc) is 3.85. The Morgan fingerprint density at radius 1 is 0.700 bits per heavy atom. The maximum Gasteiger partial charge on any atom is 0.160 e. The Morgan fingerprint density at radius 3 is 2.12 bits per heavy atom. The molecule has 10 rings (SSSR count). The van der Waals surface area contributed by atoms with Gasteiger partial charge in [-0.15, -0.1) is 11.3 Å². The molecule has 9 aromatic rings. The highest BCUT2D eigenvalue weighted by Gasteiger charge is 2.22. The van der Waals surface area contributed by atoms with Crippen molar-refractivity contribution in [2.24, 2.45) is 0 Å². The van der Waals surface area contributed by atoms with Gasteiger partial charge in [-0.3, -0.25) is 0 Å². The number of hydrogen-bond donors (Lipinski definition) is 0. The van der Waals surface area contributed by atoms with Gasteiger partial charge in [0.1, 0.15) is 0 Å². The van der Waals surface area contributed by atoms with Gasteiger partial charge in [0, 0.05) is 54.7 Å². The van der Waals surface area contributed by atoms with Crippen molar-refractivity contribution in [3.05, 3.63) is 157 Å². The van der Waals surface area contributed by atoms with Gasteiger partial charge in [-0.2, -0.15) is 0 Å². The molecule has 1 aliphatic carbocycles. The van der Waals surface area contributed by atoms with Crippen molar-refractivity contribution in [2.45, 2.75) is 19.3 Å². The maximum atomic E-state index is 5.39. The van der Waals surface area contributed by atoms with Gasteiger partial charge in [0.2, 0.25) is 0 Å². The Labute approximate surface area is 293 Å². The van der Waals surface area contributed by atoms with E-state index in [1.54, 1.807) is 11.3 Å². The molecule has 238 valence electrons. The van der Waals surface area contributed by atoms with E-state index in [9.17, 15) is 0 Å². The van der Waals surface area contributed by atoms with E-state index in [0.717, 1.165) is 55.9 Å². The third kappa shape index (κ3) is 4.37. The van der Waals surface area contributed by atoms with Crippen LogP contribution in [0.25, 0.3) is 88.3 Å². The molecule has 0 N–H and O–H groups in total. The smallest absolute Gasteiger partial charge is 0.160 e. The van der Waals surface area contributed by atoms with Crippen LogP contribution in [0.15, 0.2) is 140 Å². The molecule has 0 fully saturated rings. The SMILES string of the molecule is C=Cc1cc2c(n1-c1cccc(-c3nc(-c4cccc(-n5c6ccccc6c6ccccc65)c4)c4sc5ccccc5c4n3)c1)C=CCC2C. The minimum absolute atomic E-state index is 0.469. The van der Waals surface area contributed by atoms with Crippen LogP contribution in [0.5, 0.6) is 0 Å². The molecule has 0 saturated heterocycles. The van der Waals surface area contributed by atoms with E-state index < -0.39 is 0 Å². The molecule has 1 unspecified atom stereocenters. The lowest BCUT2D eigenvalue weighted by atomic mass is 9.93. The summed E-state index contributed by atoms with van der Waals surface area (Å²) in [6, 6.07) is 45.6. The standard InChI is InChI=1S/C45H32N4S/c1-3-31-27-37-28(2)13-10-23-40(37)48(31)32-16-12-15-30(26-32)45-46-42(44-43(47-45)36-20-6-9-24-41(36)50-44)29-14-11-17-33(25-29)49-38-21-7-4-18-34(38)35-19-5-8-22-39(35)49/h3-12,14-28H,1,13H2,2H3. The average molecular weight is 661 g/mol. The fraction of sp³-hybridized carbons (Fsp3) is 0.0667. The number of allylic oxidation sites excluding steroid dienone is 1. The monoisotopic (exact) mass is 660 g/mol. The van der Waals surface area contributed by atoms with Gasteiger partial charge in [0.15, 0.2) is 5.82 Å². The second-order valence-electron chi connectivity index (χ2n) is 13.1. The molecule has 4 nitrogen and oxygen atoms in total. The molecule has 0 amide bonds. The summed E-state index contributed by atoms with van der Waals surface area (Å²) < 4.78 is 6.98. The first-order valence-electron chi connectivity index (χ1n) is 17.1. The second kappa shape index (κ2) is 11.3. The van der Waals surface area contributed by atoms with Crippen LogP contribution < -0.4 is 0 Å². The summed E-state index contributed by atoms with van der Waals surface area (Å²) in [6.07, 6.45) is 7.53. The molecule has 1 atom stereocenters. The summed E-state index contributed by atoms with van der Waals surface area (Å²) >= 11 is 1.76. The number of hydrogen-bond acceptors (Lipinski definition) is 3. The molecular weight excluding hydrogens is 629 g/mol. The summed E-state index contributed by atoms with van der Waals surface area (Å²) in [4.78, 5) is 10.7. The van der Waals surface area contributed by atoms with Crippen molar-refractivity contribution in [2.75, 3.05) is 0 Å². The van der Waals surface area contributed by atoms with Crippen molar-refractivity contribution in [3.8, 4) is 34.0 Å². The van der Waals surface area contributed by atoms with Gasteiger partial charge >= 0.3 is 0 Å². The Balaban J connectivity index is 1.19. The molecule has 4 aromatic heterocycles. The van der Waals surface area contributed by atoms with Gasteiger partial charge < -0.3 is 9.13 Å². The summed E-state index contributed by atoms with van der Waals surface area (Å²) in [6.45, 7) is 6.45. The summed E-state index contributed by atoms with van der Waals surface area (Å²) in [7, 11) is 0. The maximum absolute atomic E-state index is 5.39. The highest BCUT2D eigenvalue weighted by Crippen LogP contribution is 2.41. The number of aromatic nitrogens is 4. The molecule has 0 aliphatic heterocycles. The Bertz CT molecular complexity index is 2790. The van der Waals surface area contributed by atoms with E-state index in [2.05, 4.69) is 162 Å². The van der Waals surface area contributed by atoms with E-state index in [-0.39, 0.29) is 0 Å². The lowest BCUT2D eigenvalue weighted by Gasteiger charge is -2.17. The first-order chi connectivity index (χ1) is 24.7. The minimum atomic E-state index is 0.469. The minimum Gasteiger partial charge on any atom is -0.310 e. The van der Waals surface area contributed by atoms with E-state index in [1.807, 2.05) is 6.08 Å². The molecule has 0 radical (unpaired) electrons. The Morgan fingerprint density at radius 2 is 1.36 bits per heavy atom. The van der Waals surface area contributed by atoms with E-state index >= 15 is 0 Å². The number of rotatable bonds is 5. The van der Waals surface area contributed by atoms with Gasteiger partial charge in [-0.25, -0.2) is 9.97 Å². The first-order valence-corrected chi connectivity index (χ1v) is 17.9. The topological polar surface area (TPSA) is 35.6 Å². The van der Waals surface area contributed by atoms with Gasteiger partial charge in [0.25, 0.3) is 0 Å². The van der Waals surface area contributed by atoms with Crippen LogP contribution in [-0.4, -0.2) is 19.1 Å². The zero-order valence-electron chi connectivity index (χ0n) is 27.5. The van der Waals surface area contributed by atoms with E-state index in [4.69, 9.17) is 9.97 Å². The van der Waals surface area contributed by atoms with Crippen LogP contribution in [0.2, 0.25) is 0 Å². The number of benzene rings is 5. The van der Waals surface area contributed by atoms with Crippen molar-refractivity contribution in [1.82, 2.24) is 19.1 Å². The van der Waals surface area contributed by atoms with E-state index in [0.29, 0.717) is 11.7 Å². The molecule has 5 aromatic carbocycles. The predicted molar refractivity (Wildman–Crippen MR) is 212 cm³/mol. The molecule has 1 aliphatic rings. The molecule has 0 spiro atoms. The van der Waals surface area contributed by atoms with Crippen LogP contribution >= 0.6 is 11.3 Å². The van der Waals surface area contributed by atoms with E-state index in [1.165, 1.54) is 37.8 Å². The van der Waals surface area contributed by atoms with Gasteiger partial charge in [0.05, 0.1) is 26.9 Å². The van der Waals surface area contributed by atoms with Crippen molar-refractivity contribution >= 4 is 65.6 Å². The first kappa shape index (κ1) is 28.9. The second-order valence-corrected chi connectivity index (χ2v) is 14.2. The molecule has 0 saturated carbocycles.